The number of hydrogen-bond acceptors (Lipinski definition) is 5. The SMILES string of the molecule is O=[N+]([O-])c1ccc(S(=O)(=O)NC2CCCCC2O)c(F)c1. The first-order valence-corrected chi connectivity index (χ1v) is 7.94. The van der Waals surface area contributed by atoms with Crippen molar-refractivity contribution >= 4 is 15.7 Å². The molecule has 1 saturated carbocycles. The number of nitrogens with zero attached hydrogens (tertiary/aromatic N) is 1. The molecule has 2 N–H and O–H groups in total. The number of nitrogens with one attached hydrogen (secondary N) is 1. The predicted molar refractivity (Wildman–Crippen MR) is 71.6 cm³/mol. The molecule has 1 fully saturated rings. The normalized spacial score (nSPS) is 23.0. The van der Waals surface area contributed by atoms with Crippen molar-refractivity contribution in [2.45, 2.75) is 42.7 Å². The number of aliphatic hydroxyl groups is 1. The number of non-ortho nitro benzene ring substituents is 1. The molecule has 0 aromatic heterocycles. The molecule has 7 nitrogen and oxygen atoms in total. The van der Waals surface area contributed by atoms with Gasteiger partial charge >= 0.3 is 0 Å². The quantitative estimate of drug-likeness (QED) is 0.642. The molecule has 2 atom stereocenters. The van der Waals surface area contributed by atoms with Crippen LogP contribution < -0.4 is 4.72 Å². The Kier molecular flexibility index (Phi) is 4.55. The molecule has 0 spiro atoms. The number of halogens is 1. The molecule has 0 heterocycles. The van der Waals surface area contributed by atoms with Gasteiger partial charge in [0.2, 0.25) is 10.0 Å². The predicted octanol–water partition coefficient (Wildman–Crippen LogP) is 1.32. The van der Waals surface area contributed by atoms with Crippen LogP contribution in [0.2, 0.25) is 0 Å². The fourth-order valence-electron chi connectivity index (χ4n) is 2.33. The van der Waals surface area contributed by atoms with Crippen molar-refractivity contribution in [3.63, 3.8) is 0 Å². The maximum absolute atomic E-state index is 13.8. The summed E-state index contributed by atoms with van der Waals surface area (Å²) in [5.74, 6) is -1.19. The zero-order valence-electron chi connectivity index (χ0n) is 11.0. The minimum Gasteiger partial charge on any atom is -0.391 e. The zero-order valence-corrected chi connectivity index (χ0v) is 11.8. The van der Waals surface area contributed by atoms with E-state index in [9.17, 15) is 28.0 Å². The molecule has 2 unspecified atom stereocenters. The minimum absolute atomic E-state index is 0.467. The number of sulfonamides is 1. The van der Waals surface area contributed by atoms with E-state index in [1.165, 1.54) is 0 Å². The van der Waals surface area contributed by atoms with Crippen LogP contribution in [-0.2, 0) is 10.0 Å². The van der Waals surface area contributed by atoms with Crippen molar-refractivity contribution < 1.29 is 22.8 Å². The summed E-state index contributed by atoms with van der Waals surface area (Å²) in [6.45, 7) is 0. The molecule has 0 bridgehead atoms. The molecule has 1 aromatic rings. The maximum atomic E-state index is 13.8. The van der Waals surface area contributed by atoms with Crippen LogP contribution in [0.15, 0.2) is 23.1 Å². The fourth-order valence-corrected chi connectivity index (χ4v) is 3.70. The molecule has 1 aliphatic carbocycles. The molecule has 0 saturated heterocycles. The van der Waals surface area contributed by atoms with Crippen LogP contribution in [0.5, 0.6) is 0 Å². The highest BCUT2D eigenvalue weighted by Crippen LogP contribution is 2.23. The van der Waals surface area contributed by atoms with Crippen molar-refractivity contribution in [3.05, 3.63) is 34.1 Å². The van der Waals surface area contributed by atoms with E-state index in [1.54, 1.807) is 0 Å². The Morgan fingerprint density at radius 1 is 1.33 bits per heavy atom. The lowest BCUT2D eigenvalue weighted by atomic mass is 9.93. The van der Waals surface area contributed by atoms with E-state index in [0.29, 0.717) is 18.9 Å². The Hall–Kier alpha value is -1.58. The molecule has 2 rings (SSSR count). The Morgan fingerprint density at radius 3 is 2.57 bits per heavy atom. The number of rotatable bonds is 4. The molecular formula is C12H15FN2O5S. The summed E-state index contributed by atoms with van der Waals surface area (Å²) in [6, 6.07) is 1.67. The van der Waals surface area contributed by atoms with E-state index in [2.05, 4.69) is 4.72 Å². The second-order valence-electron chi connectivity index (χ2n) is 4.95. The lowest BCUT2D eigenvalue weighted by Gasteiger charge is -2.28. The van der Waals surface area contributed by atoms with Gasteiger partial charge in [-0.3, -0.25) is 10.1 Å². The second kappa shape index (κ2) is 6.04. The average molecular weight is 318 g/mol. The van der Waals surface area contributed by atoms with Crippen molar-refractivity contribution in [1.29, 1.82) is 0 Å². The second-order valence-corrected chi connectivity index (χ2v) is 6.63. The summed E-state index contributed by atoms with van der Waals surface area (Å²) in [6.07, 6.45) is 1.72. The standard InChI is InChI=1S/C12H15FN2O5S/c13-9-7-8(15(17)18)5-6-12(9)21(19,20)14-10-3-1-2-4-11(10)16/h5-7,10-11,14,16H,1-4H2. The molecule has 9 heteroatoms. The van der Waals surface area contributed by atoms with Gasteiger partial charge in [-0.1, -0.05) is 12.8 Å². The molecule has 21 heavy (non-hydrogen) atoms. The summed E-state index contributed by atoms with van der Waals surface area (Å²) in [5.41, 5.74) is -0.524. The van der Waals surface area contributed by atoms with Gasteiger partial charge in [0.05, 0.1) is 17.1 Å². The highest BCUT2D eigenvalue weighted by molar-refractivity contribution is 7.89. The number of nitro benzene ring substituents is 1. The van der Waals surface area contributed by atoms with Gasteiger partial charge in [-0.05, 0) is 18.9 Å². The number of benzene rings is 1. The Balaban J connectivity index is 2.25. The average Bonchev–Trinajstić information content (AvgIpc) is 2.40. The van der Waals surface area contributed by atoms with Gasteiger partial charge in [-0.25, -0.2) is 17.5 Å². The van der Waals surface area contributed by atoms with Gasteiger partial charge in [0.15, 0.2) is 0 Å². The van der Waals surface area contributed by atoms with Crippen LogP contribution >= 0.6 is 0 Å². The number of aliphatic hydroxyl groups excluding tert-OH is 1. The lowest BCUT2D eigenvalue weighted by Crippen LogP contribution is -2.45. The highest BCUT2D eigenvalue weighted by Gasteiger charge is 2.30. The third kappa shape index (κ3) is 3.55. The van der Waals surface area contributed by atoms with E-state index in [1.807, 2.05) is 0 Å². The van der Waals surface area contributed by atoms with Gasteiger partial charge in [-0.2, -0.15) is 0 Å². The Bertz CT molecular complexity index is 649. The highest BCUT2D eigenvalue weighted by atomic mass is 32.2. The molecule has 0 aliphatic heterocycles. The number of nitro groups is 1. The van der Waals surface area contributed by atoms with Crippen molar-refractivity contribution in [3.8, 4) is 0 Å². The monoisotopic (exact) mass is 318 g/mol. The van der Waals surface area contributed by atoms with E-state index in [0.717, 1.165) is 25.0 Å². The molecule has 1 aromatic carbocycles. The Labute approximate surface area is 121 Å². The largest absolute Gasteiger partial charge is 0.391 e. The van der Waals surface area contributed by atoms with Crippen molar-refractivity contribution in [1.82, 2.24) is 4.72 Å². The van der Waals surface area contributed by atoms with E-state index < -0.39 is 43.5 Å². The zero-order chi connectivity index (χ0) is 15.6. The molecular weight excluding hydrogens is 303 g/mol. The van der Waals surface area contributed by atoms with Crippen LogP contribution in [0.3, 0.4) is 0 Å². The third-order valence-electron chi connectivity index (χ3n) is 3.45. The van der Waals surface area contributed by atoms with Crippen LogP contribution in [-0.4, -0.2) is 30.6 Å². The first kappa shape index (κ1) is 15.8. The summed E-state index contributed by atoms with van der Waals surface area (Å²) < 4.78 is 40.3. The van der Waals surface area contributed by atoms with Crippen LogP contribution in [0.25, 0.3) is 0 Å². The summed E-state index contributed by atoms with van der Waals surface area (Å²) in [7, 11) is -4.17. The maximum Gasteiger partial charge on any atom is 0.272 e. The summed E-state index contributed by atoms with van der Waals surface area (Å²) >= 11 is 0. The molecule has 0 amide bonds. The smallest absolute Gasteiger partial charge is 0.272 e. The van der Waals surface area contributed by atoms with E-state index >= 15 is 0 Å². The van der Waals surface area contributed by atoms with E-state index in [4.69, 9.17) is 0 Å². The van der Waals surface area contributed by atoms with Gasteiger partial charge in [-0.15, -0.1) is 0 Å². The van der Waals surface area contributed by atoms with Crippen LogP contribution in [0.1, 0.15) is 25.7 Å². The van der Waals surface area contributed by atoms with Crippen molar-refractivity contribution in [2.75, 3.05) is 0 Å². The topological polar surface area (TPSA) is 110 Å². The molecule has 116 valence electrons. The van der Waals surface area contributed by atoms with Gasteiger partial charge in [0.25, 0.3) is 5.69 Å². The van der Waals surface area contributed by atoms with Crippen LogP contribution in [0, 0.1) is 15.9 Å². The lowest BCUT2D eigenvalue weighted by molar-refractivity contribution is -0.385. The van der Waals surface area contributed by atoms with Gasteiger partial charge in [0.1, 0.15) is 10.7 Å². The summed E-state index contributed by atoms with van der Waals surface area (Å²) in [4.78, 5) is 9.05. The number of hydrogen-bond donors (Lipinski definition) is 2. The van der Waals surface area contributed by atoms with Crippen molar-refractivity contribution in [2.24, 2.45) is 0 Å². The van der Waals surface area contributed by atoms with Gasteiger partial charge in [0, 0.05) is 12.1 Å². The minimum atomic E-state index is -4.17. The van der Waals surface area contributed by atoms with Gasteiger partial charge < -0.3 is 5.11 Å². The summed E-state index contributed by atoms with van der Waals surface area (Å²) in [5, 5.41) is 20.3. The molecule has 1 aliphatic rings. The van der Waals surface area contributed by atoms with E-state index in [-0.39, 0.29) is 0 Å². The third-order valence-corrected chi connectivity index (χ3v) is 4.97. The fraction of sp³-hybridized carbons (Fsp3) is 0.500. The first-order chi connectivity index (χ1) is 9.81. The molecule has 0 radical (unpaired) electrons. The first-order valence-electron chi connectivity index (χ1n) is 6.45. The van der Waals surface area contributed by atoms with Crippen LogP contribution in [0.4, 0.5) is 10.1 Å². The Morgan fingerprint density at radius 2 is 2.00 bits per heavy atom.